The third kappa shape index (κ3) is 4.60. The van der Waals surface area contributed by atoms with Crippen LogP contribution in [-0.4, -0.2) is 46.3 Å². The molecular formula is C21H24N4O2. The number of aromatic nitrogens is 3. The number of hydrogen-bond donors (Lipinski definition) is 0. The number of carbonyl (C=O) groups excluding carboxylic acids is 1. The first kappa shape index (κ1) is 18.8. The lowest BCUT2D eigenvalue weighted by Gasteiger charge is -2.18. The monoisotopic (exact) mass is 364 g/mol. The number of amides is 1. The summed E-state index contributed by atoms with van der Waals surface area (Å²) in [4.78, 5) is 14.5. The van der Waals surface area contributed by atoms with E-state index >= 15 is 0 Å². The minimum absolute atomic E-state index is 0.0502. The van der Waals surface area contributed by atoms with Crippen molar-refractivity contribution in [1.82, 2.24) is 19.7 Å². The highest BCUT2D eigenvalue weighted by Crippen LogP contribution is 2.22. The maximum absolute atomic E-state index is 12.9. The van der Waals surface area contributed by atoms with Gasteiger partial charge in [0.25, 0.3) is 5.91 Å². The third-order valence-electron chi connectivity index (χ3n) is 4.42. The van der Waals surface area contributed by atoms with Crippen molar-refractivity contribution in [2.75, 3.05) is 20.8 Å². The number of rotatable bonds is 7. The molecule has 0 saturated heterocycles. The van der Waals surface area contributed by atoms with Crippen LogP contribution in [0.2, 0.25) is 0 Å². The molecule has 1 heterocycles. The molecule has 0 aliphatic carbocycles. The SMILES string of the molecule is COCCn1cnnc1CN(C)C(=O)c1cccc(-c2cccc(C)c2)c1. The smallest absolute Gasteiger partial charge is 0.254 e. The fourth-order valence-electron chi connectivity index (χ4n) is 2.94. The summed E-state index contributed by atoms with van der Waals surface area (Å²) in [6.45, 7) is 3.67. The van der Waals surface area contributed by atoms with Gasteiger partial charge in [0.2, 0.25) is 0 Å². The molecule has 0 unspecified atom stereocenters. The largest absolute Gasteiger partial charge is 0.383 e. The van der Waals surface area contributed by atoms with E-state index in [1.165, 1.54) is 5.56 Å². The van der Waals surface area contributed by atoms with Crippen LogP contribution in [0.15, 0.2) is 54.9 Å². The van der Waals surface area contributed by atoms with Gasteiger partial charge in [-0.3, -0.25) is 4.79 Å². The fourth-order valence-corrected chi connectivity index (χ4v) is 2.94. The lowest BCUT2D eigenvalue weighted by molar-refractivity contribution is 0.0779. The van der Waals surface area contributed by atoms with E-state index < -0.39 is 0 Å². The van der Waals surface area contributed by atoms with Gasteiger partial charge in [0.05, 0.1) is 13.2 Å². The number of carbonyl (C=O) groups is 1. The molecule has 0 fully saturated rings. The Balaban J connectivity index is 1.76. The lowest BCUT2D eigenvalue weighted by Crippen LogP contribution is -2.28. The van der Waals surface area contributed by atoms with E-state index in [0.717, 1.165) is 17.0 Å². The Kier molecular flexibility index (Phi) is 5.98. The number of ether oxygens (including phenoxy) is 1. The molecule has 2 aromatic carbocycles. The summed E-state index contributed by atoms with van der Waals surface area (Å²) in [6, 6.07) is 16.0. The summed E-state index contributed by atoms with van der Waals surface area (Å²) in [5.74, 6) is 0.684. The van der Waals surface area contributed by atoms with Gasteiger partial charge in [-0.05, 0) is 30.2 Å². The van der Waals surface area contributed by atoms with Crippen molar-refractivity contribution in [1.29, 1.82) is 0 Å². The summed E-state index contributed by atoms with van der Waals surface area (Å²) >= 11 is 0. The zero-order chi connectivity index (χ0) is 19.2. The fraction of sp³-hybridized carbons (Fsp3) is 0.286. The average Bonchev–Trinajstić information content (AvgIpc) is 3.12. The number of benzene rings is 2. The molecule has 6 nitrogen and oxygen atoms in total. The Hall–Kier alpha value is -2.99. The molecule has 0 spiro atoms. The van der Waals surface area contributed by atoms with Gasteiger partial charge in [0.1, 0.15) is 6.33 Å². The van der Waals surface area contributed by atoms with E-state index in [0.29, 0.717) is 25.3 Å². The first-order valence-corrected chi connectivity index (χ1v) is 8.86. The van der Waals surface area contributed by atoms with Crippen LogP contribution in [0.4, 0.5) is 0 Å². The summed E-state index contributed by atoms with van der Waals surface area (Å²) in [6.07, 6.45) is 1.66. The van der Waals surface area contributed by atoms with E-state index in [9.17, 15) is 4.79 Å². The van der Waals surface area contributed by atoms with Crippen LogP contribution in [0.5, 0.6) is 0 Å². The molecule has 1 aromatic heterocycles. The molecule has 1 amide bonds. The molecule has 27 heavy (non-hydrogen) atoms. The van der Waals surface area contributed by atoms with Crippen LogP contribution in [0.1, 0.15) is 21.7 Å². The van der Waals surface area contributed by atoms with Crippen molar-refractivity contribution in [2.45, 2.75) is 20.0 Å². The molecule has 0 saturated carbocycles. The van der Waals surface area contributed by atoms with Crippen LogP contribution in [0.3, 0.4) is 0 Å². The van der Waals surface area contributed by atoms with Crippen molar-refractivity contribution < 1.29 is 9.53 Å². The minimum Gasteiger partial charge on any atom is -0.383 e. The molecule has 6 heteroatoms. The Bertz CT molecular complexity index is 920. The second kappa shape index (κ2) is 8.60. The lowest BCUT2D eigenvalue weighted by atomic mass is 10.0. The second-order valence-corrected chi connectivity index (χ2v) is 6.54. The summed E-state index contributed by atoms with van der Waals surface area (Å²) in [7, 11) is 3.43. The quantitative estimate of drug-likeness (QED) is 0.646. The first-order valence-electron chi connectivity index (χ1n) is 8.86. The van der Waals surface area contributed by atoms with Gasteiger partial charge in [0.15, 0.2) is 5.82 Å². The molecule has 0 atom stereocenters. The first-order chi connectivity index (χ1) is 13.1. The normalized spacial score (nSPS) is 10.8. The molecule has 3 aromatic rings. The van der Waals surface area contributed by atoms with Gasteiger partial charge < -0.3 is 14.2 Å². The predicted octanol–water partition coefficient (Wildman–Crippen LogP) is 3.17. The van der Waals surface area contributed by atoms with Crippen molar-refractivity contribution in [3.05, 3.63) is 71.8 Å². The van der Waals surface area contributed by atoms with Gasteiger partial charge >= 0.3 is 0 Å². The van der Waals surface area contributed by atoms with Crippen molar-refractivity contribution in [3.63, 3.8) is 0 Å². The highest BCUT2D eigenvalue weighted by Gasteiger charge is 2.15. The van der Waals surface area contributed by atoms with Crippen LogP contribution in [0, 0.1) is 6.92 Å². The third-order valence-corrected chi connectivity index (χ3v) is 4.42. The van der Waals surface area contributed by atoms with E-state index in [4.69, 9.17) is 4.74 Å². The molecule has 0 N–H and O–H groups in total. The van der Waals surface area contributed by atoms with Gasteiger partial charge in [-0.15, -0.1) is 10.2 Å². The number of methoxy groups -OCH3 is 1. The molecule has 140 valence electrons. The van der Waals surface area contributed by atoms with E-state index in [2.05, 4.69) is 35.3 Å². The molecule has 3 rings (SSSR count). The van der Waals surface area contributed by atoms with E-state index in [-0.39, 0.29) is 5.91 Å². The molecular weight excluding hydrogens is 340 g/mol. The van der Waals surface area contributed by atoms with Gasteiger partial charge in [0, 0.05) is 26.3 Å². The minimum atomic E-state index is -0.0502. The zero-order valence-corrected chi connectivity index (χ0v) is 15.9. The maximum Gasteiger partial charge on any atom is 0.254 e. The standard InChI is InChI=1S/C21H24N4O2/c1-16-6-4-7-17(12-16)18-8-5-9-19(13-18)21(26)24(2)14-20-23-22-15-25(20)10-11-27-3/h4-9,12-13,15H,10-11,14H2,1-3H3. The molecule has 0 aliphatic rings. The molecule has 0 radical (unpaired) electrons. The number of hydrogen-bond acceptors (Lipinski definition) is 4. The molecule has 0 bridgehead atoms. The topological polar surface area (TPSA) is 60.2 Å². The van der Waals surface area contributed by atoms with E-state index in [1.54, 1.807) is 25.4 Å². The summed E-state index contributed by atoms with van der Waals surface area (Å²) < 4.78 is 7.00. The highest BCUT2D eigenvalue weighted by molar-refractivity contribution is 5.95. The average molecular weight is 364 g/mol. The summed E-state index contributed by atoms with van der Waals surface area (Å²) in [5, 5.41) is 8.07. The Morgan fingerprint density at radius 2 is 1.89 bits per heavy atom. The Morgan fingerprint density at radius 3 is 2.63 bits per heavy atom. The number of nitrogens with zero attached hydrogens (tertiary/aromatic N) is 4. The van der Waals surface area contributed by atoms with Gasteiger partial charge in [-0.2, -0.15) is 0 Å². The summed E-state index contributed by atoms with van der Waals surface area (Å²) in [5.41, 5.74) is 3.98. The van der Waals surface area contributed by atoms with E-state index in [1.807, 2.05) is 34.9 Å². The Morgan fingerprint density at radius 1 is 1.15 bits per heavy atom. The van der Waals surface area contributed by atoms with Crippen LogP contribution in [0.25, 0.3) is 11.1 Å². The predicted molar refractivity (Wildman–Crippen MR) is 104 cm³/mol. The van der Waals surface area contributed by atoms with Crippen molar-refractivity contribution >= 4 is 5.91 Å². The Labute approximate surface area is 159 Å². The van der Waals surface area contributed by atoms with Crippen molar-refractivity contribution in [2.24, 2.45) is 0 Å². The highest BCUT2D eigenvalue weighted by atomic mass is 16.5. The number of aryl methyl sites for hydroxylation is 1. The van der Waals surface area contributed by atoms with Gasteiger partial charge in [-0.1, -0.05) is 42.0 Å². The maximum atomic E-state index is 12.9. The van der Waals surface area contributed by atoms with Crippen LogP contribution in [-0.2, 0) is 17.8 Å². The van der Waals surface area contributed by atoms with Gasteiger partial charge in [-0.25, -0.2) is 0 Å². The molecule has 0 aliphatic heterocycles. The zero-order valence-electron chi connectivity index (χ0n) is 15.9. The van der Waals surface area contributed by atoms with Crippen LogP contribution < -0.4 is 0 Å². The van der Waals surface area contributed by atoms with Crippen molar-refractivity contribution in [3.8, 4) is 11.1 Å². The van der Waals surface area contributed by atoms with Crippen LogP contribution >= 0.6 is 0 Å². The second-order valence-electron chi connectivity index (χ2n) is 6.54.